The van der Waals surface area contributed by atoms with Crippen molar-refractivity contribution in [2.24, 2.45) is 0 Å². The second-order valence-corrected chi connectivity index (χ2v) is 9.51. The number of carbonyl (C=O) groups is 1. The van der Waals surface area contributed by atoms with Gasteiger partial charge in [-0.3, -0.25) is 9.10 Å². The summed E-state index contributed by atoms with van der Waals surface area (Å²) in [4.78, 5) is 15.1. The molecule has 6 nitrogen and oxygen atoms in total. The third-order valence-corrected chi connectivity index (χ3v) is 6.70. The fraction of sp³-hybridized carbons (Fsp3) is 0.381. The van der Waals surface area contributed by atoms with Crippen molar-refractivity contribution in [3.8, 4) is 0 Å². The molecule has 0 aromatic heterocycles. The minimum Gasteiger partial charge on any atom is -0.371 e. The van der Waals surface area contributed by atoms with Crippen LogP contribution in [0.5, 0.6) is 0 Å². The number of hydrogen-bond acceptors (Lipinski definition) is 4. The maximum Gasteiger partial charge on any atom is 0.255 e. The van der Waals surface area contributed by atoms with Crippen LogP contribution in [-0.4, -0.2) is 39.7 Å². The summed E-state index contributed by atoms with van der Waals surface area (Å²) in [6, 6.07) is 13.0. The number of fused-ring (bicyclic) bond motifs is 1. The number of sulfonamides is 1. The molecular formula is C21H25N3O3S. The molecular weight excluding hydrogens is 374 g/mol. The van der Waals surface area contributed by atoms with Gasteiger partial charge in [0.05, 0.1) is 11.9 Å². The summed E-state index contributed by atoms with van der Waals surface area (Å²) in [6.45, 7) is 3.99. The van der Waals surface area contributed by atoms with Crippen LogP contribution in [0, 0.1) is 0 Å². The van der Waals surface area contributed by atoms with Gasteiger partial charge in [-0.05, 0) is 68.1 Å². The van der Waals surface area contributed by atoms with Crippen LogP contribution >= 0.6 is 0 Å². The molecule has 1 unspecified atom stereocenters. The Labute approximate surface area is 166 Å². The molecule has 2 heterocycles. The normalized spacial score (nSPS) is 19.0. The quantitative estimate of drug-likeness (QED) is 0.857. The largest absolute Gasteiger partial charge is 0.371 e. The van der Waals surface area contributed by atoms with E-state index in [2.05, 4.69) is 16.3 Å². The van der Waals surface area contributed by atoms with Crippen LogP contribution in [0.25, 0.3) is 0 Å². The summed E-state index contributed by atoms with van der Waals surface area (Å²) in [5, 5.41) is 2.97. The van der Waals surface area contributed by atoms with E-state index in [1.165, 1.54) is 23.4 Å². The van der Waals surface area contributed by atoms with Crippen molar-refractivity contribution in [1.82, 2.24) is 0 Å². The number of carbonyl (C=O) groups excluding carboxylic acids is 1. The maximum atomic E-state index is 12.7. The van der Waals surface area contributed by atoms with E-state index in [1.807, 2.05) is 25.1 Å². The monoisotopic (exact) mass is 399 g/mol. The van der Waals surface area contributed by atoms with Crippen LogP contribution in [0.3, 0.4) is 0 Å². The minimum absolute atomic E-state index is 0.138. The van der Waals surface area contributed by atoms with E-state index in [0.717, 1.165) is 30.0 Å². The summed E-state index contributed by atoms with van der Waals surface area (Å²) < 4.78 is 25.5. The molecule has 7 heteroatoms. The standard InChI is InChI=1S/C21H25N3O3S/c1-15-12-17-13-16(8-9-20(17)24(15)28(2,26)27)21(25)22-18-6-5-7-19(14-18)23-10-3-4-11-23/h5-9,13-15H,3-4,10-12H2,1-2H3,(H,22,25). The Hall–Kier alpha value is -2.54. The van der Waals surface area contributed by atoms with Gasteiger partial charge in [0.15, 0.2) is 0 Å². The van der Waals surface area contributed by atoms with E-state index < -0.39 is 10.0 Å². The molecule has 0 spiro atoms. The Bertz CT molecular complexity index is 1010. The van der Waals surface area contributed by atoms with Crippen molar-refractivity contribution >= 4 is 33.0 Å². The minimum atomic E-state index is -3.33. The van der Waals surface area contributed by atoms with Gasteiger partial charge >= 0.3 is 0 Å². The van der Waals surface area contributed by atoms with Gasteiger partial charge in [-0.25, -0.2) is 8.42 Å². The first-order chi connectivity index (χ1) is 13.3. The molecule has 0 saturated carbocycles. The van der Waals surface area contributed by atoms with Gasteiger partial charge in [0.2, 0.25) is 10.0 Å². The third kappa shape index (κ3) is 3.58. The number of amides is 1. The van der Waals surface area contributed by atoms with Gasteiger partial charge in [-0.15, -0.1) is 0 Å². The molecule has 1 atom stereocenters. The molecule has 1 fully saturated rings. The Balaban J connectivity index is 1.54. The second-order valence-electron chi connectivity index (χ2n) is 7.65. The van der Waals surface area contributed by atoms with E-state index in [-0.39, 0.29) is 11.9 Å². The topological polar surface area (TPSA) is 69.7 Å². The van der Waals surface area contributed by atoms with Gasteiger partial charge < -0.3 is 10.2 Å². The third-order valence-electron chi connectivity index (χ3n) is 5.43. The Morgan fingerprint density at radius 2 is 1.86 bits per heavy atom. The van der Waals surface area contributed by atoms with Crippen LogP contribution in [0.2, 0.25) is 0 Å². The smallest absolute Gasteiger partial charge is 0.255 e. The average Bonchev–Trinajstić information content (AvgIpc) is 3.27. The van der Waals surface area contributed by atoms with Crippen LogP contribution in [-0.2, 0) is 16.4 Å². The van der Waals surface area contributed by atoms with Crippen molar-refractivity contribution in [1.29, 1.82) is 0 Å². The molecule has 4 rings (SSSR count). The first kappa shape index (κ1) is 18.8. The number of benzene rings is 2. The van der Waals surface area contributed by atoms with Crippen LogP contribution in [0.1, 0.15) is 35.7 Å². The number of anilines is 3. The molecule has 0 radical (unpaired) electrons. The molecule has 148 valence electrons. The van der Waals surface area contributed by atoms with Gasteiger partial charge in [-0.2, -0.15) is 0 Å². The molecule has 28 heavy (non-hydrogen) atoms. The lowest BCUT2D eigenvalue weighted by molar-refractivity contribution is 0.102. The lowest BCUT2D eigenvalue weighted by atomic mass is 10.1. The summed E-state index contributed by atoms with van der Waals surface area (Å²) in [5.74, 6) is -0.188. The Morgan fingerprint density at radius 3 is 2.57 bits per heavy atom. The van der Waals surface area contributed by atoms with Crippen molar-refractivity contribution in [2.45, 2.75) is 32.2 Å². The lowest BCUT2D eigenvalue weighted by Gasteiger charge is -2.22. The summed E-state index contributed by atoms with van der Waals surface area (Å²) >= 11 is 0. The SMILES string of the molecule is CC1Cc2cc(C(=O)Nc3cccc(N4CCCC4)c3)ccc2N1S(C)(=O)=O. The zero-order chi connectivity index (χ0) is 19.9. The molecule has 2 aliphatic heterocycles. The van der Waals surface area contributed by atoms with Crippen molar-refractivity contribution in [2.75, 3.05) is 33.9 Å². The van der Waals surface area contributed by atoms with Gasteiger partial charge in [-0.1, -0.05) is 6.07 Å². The Morgan fingerprint density at radius 1 is 1.11 bits per heavy atom. The zero-order valence-electron chi connectivity index (χ0n) is 16.2. The molecule has 2 aliphatic rings. The van der Waals surface area contributed by atoms with Crippen LogP contribution < -0.4 is 14.5 Å². The predicted molar refractivity (Wildman–Crippen MR) is 113 cm³/mol. The molecule has 1 N–H and O–H groups in total. The van der Waals surface area contributed by atoms with Gasteiger partial charge in [0.25, 0.3) is 5.91 Å². The predicted octanol–water partition coefficient (Wildman–Crippen LogP) is 3.25. The highest BCUT2D eigenvalue weighted by atomic mass is 32.2. The van der Waals surface area contributed by atoms with E-state index >= 15 is 0 Å². The highest BCUT2D eigenvalue weighted by Crippen LogP contribution is 2.35. The van der Waals surface area contributed by atoms with E-state index in [4.69, 9.17) is 0 Å². The molecule has 2 aromatic carbocycles. The van der Waals surface area contributed by atoms with E-state index in [9.17, 15) is 13.2 Å². The summed E-state index contributed by atoms with van der Waals surface area (Å²) in [7, 11) is -3.33. The van der Waals surface area contributed by atoms with E-state index in [0.29, 0.717) is 17.7 Å². The van der Waals surface area contributed by atoms with Crippen molar-refractivity contribution < 1.29 is 13.2 Å². The molecule has 0 aliphatic carbocycles. The summed E-state index contributed by atoms with van der Waals surface area (Å²) in [5.41, 5.74) is 3.98. The van der Waals surface area contributed by atoms with Gasteiger partial charge in [0.1, 0.15) is 0 Å². The first-order valence-corrected chi connectivity index (χ1v) is 11.5. The zero-order valence-corrected chi connectivity index (χ0v) is 17.0. The number of nitrogens with one attached hydrogen (secondary N) is 1. The number of rotatable bonds is 4. The molecule has 1 amide bonds. The fourth-order valence-corrected chi connectivity index (χ4v) is 5.47. The summed E-state index contributed by atoms with van der Waals surface area (Å²) in [6.07, 6.45) is 4.23. The highest BCUT2D eigenvalue weighted by Gasteiger charge is 2.32. The van der Waals surface area contributed by atoms with Gasteiger partial charge in [0, 0.05) is 36.1 Å². The van der Waals surface area contributed by atoms with Crippen molar-refractivity contribution in [3.63, 3.8) is 0 Å². The number of hydrogen-bond donors (Lipinski definition) is 1. The second kappa shape index (κ2) is 7.13. The number of nitrogens with zero attached hydrogens (tertiary/aromatic N) is 2. The Kier molecular flexibility index (Phi) is 4.79. The lowest BCUT2D eigenvalue weighted by Crippen LogP contribution is -2.34. The molecule has 0 bridgehead atoms. The first-order valence-electron chi connectivity index (χ1n) is 9.61. The molecule has 2 aromatic rings. The van der Waals surface area contributed by atoms with Crippen LogP contribution in [0.4, 0.5) is 17.1 Å². The average molecular weight is 400 g/mol. The van der Waals surface area contributed by atoms with E-state index in [1.54, 1.807) is 18.2 Å². The van der Waals surface area contributed by atoms with Crippen LogP contribution in [0.15, 0.2) is 42.5 Å². The molecule has 1 saturated heterocycles. The highest BCUT2D eigenvalue weighted by molar-refractivity contribution is 7.92. The van der Waals surface area contributed by atoms with Crippen molar-refractivity contribution in [3.05, 3.63) is 53.6 Å². The maximum absolute atomic E-state index is 12.7. The fourth-order valence-electron chi connectivity index (χ4n) is 4.21.